The number of rotatable bonds is 5. The van der Waals surface area contributed by atoms with Gasteiger partial charge in [-0.25, -0.2) is 0 Å². The highest BCUT2D eigenvalue weighted by molar-refractivity contribution is 5.88. The van der Waals surface area contributed by atoms with Gasteiger partial charge in [0.1, 0.15) is 5.92 Å². The number of carbonyl (C=O) groups is 1. The lowest BCUT2D eigenvalue weighted by molar-refractivity contribution is -0.120. The Morgan fingerprint density at radius 3 is 2.59 bits per heavy atom. The van der Waals surface area contributed by atoms with E-state index >= 15 is 0 Å². The molecule has 0 spiro atoms. The first-order chi connectivity index (χ1) is 8.10. The molecule has 2 unspecified atom stereocenters. The number of hydrogen-bond acceptors (Lipinski definition) is 2. The molecule has 1 rings (SSSR count). The van der Waals surface area contributed by atoms with Gasteiger partial charge in [0, 0.05) is 6.42 Å². The molecule has 0 aliphatic rings. The minimum absolute atomic E-state index is 0.0381. The third-order valence-corrected chi connectivity index (χ3v) is 3.20. The summed E-state index contributed by atoms with van der Waals surface area (Å²) in [6.45, 7) is 6.05. The number of hydrogen-bond donors (Lipinski definition) is 0. The molecule has 2 heteroatoms. The summed E-state index contributed by atoms with van der Waals surface area (Å²) < 4.78 is 0. The van der Waals surface area contributed by atoms with Gasteiger partial charge in [-0.1, -0.05) is 44.5 Å². The molecule has 0 amide bonds. The molecular weight excluding hydrogens is 210 g/mol. The van der Waals surface area contributed by atoms with Gasteiger partial charge in [-0.2, -0.15) is 5.26 Å². The zero-order chi connectivity index (χ0) is 12.8. The maximum absolute atomic E-state index is 12.1. The lowest BCUT2D eigenvalue weighted by Gasteiger charge is -2.13. The standard InChI is InChI=1S/C15H19NO/c1-4-11(2)9-15(17)14(10-16)13-8-6-5-7-12(13)3/h5-8,11,14H,4,9H2,1-3H3. The number of benzene rings is 1. The van der Waals surface area contributed by atoms with Crippen LogP contribution in [0.15, 0.2) is 24.3 Å². The molecule has 0 fully saturated rings. The third kappa shape index (κ3) is 3.42. The largest absolute Gasteiger partial charge is 0.298 e. The quantitative estimate of drug-likeness (QED) is 0.774. The van der Waals surface area contributed by atoms with Crippen molar-refractivity contribution < 1.29 is 4.79 Å². The second kappa shape index (κ2) is 6.20. The Hall–Kier alpha value is -1.62. The molecule has 0 saturated carbocycles. The Morgan fingerprint density at radius 1 is 1.41 bits per heavy atom. The summed E-state index contributed by atoms with van der Waals surface area (Å²) in [5.41, 5.74) is 1.86. The predicted octanol–water partition coefficient (Wildman–Crippen LogP) is 3.61. The topological polar surface area (TPSA) is 40.9 Å². The van der Waals surface area contributed by atoms with Crippen LogP contribution in [0.4, 0.5) is 0 Å². The van der Waals surface area contributed by atoms with Gasteiger partial charge < -0.3 is 0 Å². The van der Waals surface area contributed by atoms with E-state index in [0.717, 1.165) is 17.5 Å². The molecule has 90 valence electrons. The second-order valence-electron chi connectivity index (χ2n) is 4.60. The van der Waals surface area contributed by atoms with Crippen molar-refractivity contribution in [3.8, 4) is 6.07 Å². The first-order valence-electron chi connectivity index (χ1n) is 6.08. The molecule has 0 saturated heterocycles. The monoisotopic (exact) mass is 229 g/mol. The van der Waals surface area contributed by atoms with E-state index in [1.807, 2.05) is 38.1 Å². The maximum Gasteiger partial charge on any atom is 0.154 e. The van der Waals surface area contributed by atoms with Crippen molar-refractivity contribution in [3.63, 3.8) is 0 Å². The van der Waals surface area contributed by atoms with Crippen LogP contribution in [0.5, 0.6) is 0 Å². The molecule has 0 aromatic heterocycles. The number of Topliss-reactive ketones (excluding diaryl/α,β-unsaturated/α-hetero) is 1. The number of carbonyl (C=O) groups excluding carboxylic acids is 1. The summed E-state index contributed by atoms with van der Waals surface area (Å²) >= 11 is 0. The molecule has 0 aliphatic carbocycles. The van der Waals surface area contributed by atoms with Crippen LogP contribution in [0.3, 0.4) is 0 Å². The average molecular weight is 229 g/mol. The number of aryl methyl sites for hydroxylation is 1. The van der Waals surface area contributed by atoms with Crippen LogP contribution < -0.4 is 0 Å². The molecule has 1 aromatic carbocycles. The molecule has 2 nitrogen and oxygen atoms in total. The number of ketones is 1. The smallest absolute Gasteiger partial charge is 0.154 e. The highest BCUT2D eigenvalue weighted by Crippen LogP contribution is 2.23. The van der Waals surface area contributed by atoms with Crippen LogP contribution in [0, 0.1) is 24.2 Å². The second-order valence-corrected chi connectivity index (χ2v) is 4.60. The number of nitriles is 1. The highest BCUT2D eigenvalue weighted by atomic mass is 16.1. The van der Waals surface area contributed by atoms with E-state index in [1.165, 1.54) is 0 Å². The van der Waals surface area contributed by atoms with E-state index < -0.39 is 5.92 Å². The maximum atomic E-state index is 12.1. The van der Waals surface area contributed by atoms with Crippen LogP contribution in [0.25, 0.3) is 0 Å². The van der Waals surface area contributed by atoms with Crippen LogP contribution in [-0.4, -0.2) is 5.78 Å². The van der Waals surface area contributed by atoms with Crippen molar-refractivity contribution in [2.45, 2.75) is 39.5 Å². The van der Waals surface area contributed by atoms with Gasteiger partial charge in [0.05, 0.1) is 6.07 Å². The van der Waals surface area contributed by atoms with Gasteiger partial charge >= 0.3 is 0 Å². The summed E-state index contributed by atoms with van der Waals surface area (Å²) in [6, 6.07) is 9.75. The molecule has 1 aromatic rings. The van der Waals surface area contributed by atoms with Gasteiger partial charge in [0.2, 0.25) is 0 Å². The lowest BCUT2D eigenvalue weighted by Crippen LogP contribution is -2.15. The Morgan fingerprint density at radius 2 is 2.06 bits per heavy atom. The van der Waals surface area contributed by atoms with Crippen molar-refractivity contribution in [3.05, 3.63) is 35.4 Å². The molecule has 0 bridgehead atoms. The first kappa shape index (κ1) is 13.4. The van der Waals surface area contributed by atoms with Crippen molar-refractivity contribution >= 4 is 5.78 Å². The Bertz CT molecular complexity index is 431. The van der Waals surface area contributed by atoms with Crippen molar-refractivity contribution in [1.29, 1.82) is 5.26 Å². The molecule has 0 radical (unpaired) electrons. The molecular formula is C15H19NO. The van der Waals surface area contributed by atoms with Gasteiger partial charge in [0.15, 0.2) is 5.78 Å². The van der Waals surface area contributed by atoms with Gasteiger partial charge in [-0.15, -0.1) is 0 Å². The molecule has 0 aliphatic heterocycles. The summed E-state index contributed by atoms with van der Waals surface area (Å²) in [7, 11) is 0. The fourth-order valence-electron chi connectivity index (χ4n) is 1.83. The van der Waals surface area contributed by atoms with E-state index in [9.17, 15) is 10.1 Å². The van der Waals surface area contributed by atoms with E-state index in [-0.39, 0.29) is 5.78 Å². The van der Waals surface area contributed by atoms with Crippen LogP contribution in [0.1, 0.15) is 43.7 Å². The fraction of sp³-hybridized carbons (Fsp3) is 0.467. The minimum atomic E-state index is -0.606. The van der Waals surface area contributed by atoms with E-state index in [0.29, 0.717) is 12.3 Å². The normalized spacial score (nSPS) is 13.8. The Balaban J connectivity index is 2.90. The molecule has 0 heterocycles. The zero-order valence-electron chi connectivity index (χ0n) is 10.7. The molecule has 17 heavy (non-hydrogen) atoms. The third-order valence-electron chi connectivity index (χ3n) is 3.20. The van der Waals surface area contributed by atoms with E-state index in [4.69, 9.17) is 0 Å². The van der Waals surface area contributed by atoms with Gasteiger partial charge in [-0.3, -0.25) is 4.79 Å². The molecule has 0 N–H and O–H groups in total. The van der Waals surface area contributed by atoms with E-state index in [2.05, 4.69) is 13.0 Å². The SMILES string of the molecule is CCC(C)CC(=O)C(C#N)c1ccccc1C. The number of nitrogens with zero attached hydrogens (tertiary/aromatic N) is 1. The van der Waals surface area contributed by atoms with Crippen molar-refractivity contribution in [2.75, 3.05) is 0 Å². The van der Waals surface area contributed by atoms with Gasteiger partial charge in [-0.05, 0) is 24.0 Å². The Kier molecular flexibility index (Phi) is 4.90. The van der Waals surface area contributed by atoms with Crippen LogP contribution in [-0.2, 0) is 4.79 Å². The summed E-state index contributed by atoms with van der Waals surface area (Å²) in [5, 5.41) is 9.19. The van der Waals surface area contributed by atoms with Crippen molar-refractivity contribution in [1.82, 2.24) is 0 Å². The van der Waals surface area contributed by atoms with Crippen LogP contribution >= 0.6 is 0 Å². The van der Waals surface area contributed by atoms with Crippen molar-refractivity contribution in [2.24, 2.45) is 5.92 Å². The Labute approximate surface area is 103 Å². The summed E-state index contributed by atoms with van der Waals surface area (Å²) in [6.07, 6.45) is 1.46. The summed E-state index contributed by atoms with van der Waals surface area (Å²) in [4.78, 5) is 12.1. The lowest BCUT2D eigenvalue weighted by atomic mass is 9.88. The summed E-state index contributed by atoms with van der Waals surface area (Å²) in [5.74, 6) is -0.219. The van der Waals surface area contributed by atoms with Crippen LogP contribution in [0.2, 0.25) is 0 Å². The van der Waals surface area contributed by atoms with Gasteiger partial charge in [0.25, 0.3) is 0 Å². The average Bonchev–Trinajstić information content (AvgIpc) is 2.32. The highest BCUT2D eigenvalue weighted by Gasteiger charge is 2.22. The first-order valence-corrected chi connectivity index (χ1v) is 6.08. The van der Waals surface area contributed by atoms with E-state index in [1.54, 1.807) is 0 Å². The molecule has 2 atom stereocenters. The zero-order valence-corrected chi connectivity index (χ0v) is 10.7. The minimum Gasteiger partial charge on any atom is -0.298 e. The fourth-order valence-corrected chi connectivity index (χ4v) is 1.83. The predicted molar refractivity (Wildman–Crippen MR) is 68.6 cm³/mol.